The molecule has 1 aromatic heterocycles. The molecular formula is C28H23BrN2O5S. The van der Waals surface area contributed by atoms with Crippen LogP contribution in [-0.4, -0.2) is 34.0 Å². The molecule has 1 saturated heterocycles. The molecule has 5 rings (SSSR count). The predicted molar refractivity (Wildman–Crippen MR) is 147 cm³/mol. The van der Waals surface area contributed by atoms with Crippen molar-refractivity contribution in [3.63, 3.8) is 0 Å². The number of ketones is 1. The quantitative estimate of drug-likeness (QED) is 0.167. The number of Topliss-reactive ketones (excluding diaryl/α,β-unsaturated/α-hetero) is 1. The van der Waals surface area contributed by atoms with Crippen LogP contribution in [0.15, 0.2) is 58.6 Å². The van der Waals surface area contributed by atoms with Crippen LogP contribution < -0.4 is 9.64 Å². The summed E-state index contributed by atoms with van der Waals surface area (Å²) in [7, 11) is 1.41. The molecule has 3 aromatic carbocycles. The van der Waals surface area contributed by atoms with Crippen molar-refractivity contribution in [2.24, 2.45) is 0 Å². The molecule has 4 aromatic rings. The molecule has 0 saturated carbocycles. The van der Waals surface area contributed by atoms with Crippen molar-refractivity contribution in [2.75, 3.05) is 12.0 Å². The molecule has 1 amide bonds. The maximum absolute atomic E-state index is 13.5. The first-order valence-electron chi connectivity index (χ1n) is 11.4. The molecule has 9 heteroatoms. The number of aromatic hydroxyl groups is 1. The third-order valence-electron chi connectivity index (χ3n) is 6.42. The highest BCUT2D eigenvalue weighted by atomic mass is 79.9. The second kappa shape index (κ2) is 9.32. The SMILES string of the molecule is COc1cc(C2C(=C(O)c3cc(C)ccc3C)C(=O)C(=O)N2c2nc3ccc(C)cc3s2)cc(Br)c1O. The van der Waals surface area contributed by atoms with Gasteiger partial charge in [-0.1, -0.05) is 35.1 Å². The summed E-state index contributed by atoms with van der Waals surface area (Å²) in [6, 6.07) is 13.5. The Labute approximate surface area is 225 Å². The molecule has 37 heavy (non-hydrogen) atoms. The monoisotopic (exact) mass is 578 g/mol. The molecule has 188 valence electrons. The van der Waals surface area contributed by atoms with E-state index >= 15 is 0 Å². The van der Waals surface area contributed by atoms with Gasteiger partial charge in [0.15, 0.2) is 16.6 Å². The van der Waals surface area contributed by atoms with Gasteiger partial charge in [0.05, 0.1) is 33.4 Å². The minimum atomic E-state index is -1.01. The van der Waals surface area contributed by atoms with Crippen LogP contribution in [0.3, 0.4) is 0 Å². The summed E-state index contributed by atoms with van der Waals surface area (Å²) < 4.78 is 6.53. The van der Waals surface area contributed by atoms with Gasteiger partial charge in [0.1, 0.15) is 5.76 Å². The third-order valence-corrected chi connectivity index (χ3v) is 8.04. The van der Waals surface area contributed by atoms with Crippen molar-refractivity contribution < 1.29 is 24.5 Å². The Kier molecular flexibility index (Phi) is 6.29. The number of aryl methyl sites for hydroxylation is 3. The first kappa shape index (κ1) is 25.0. The van der Waals surface area contributed by atoms with Gasteiger partial charge in [-0.25, -0.2) is 4.98 Å². The van der Waals surface area contributed by atoms with E-state index < -0.39 is 17.7 Å². The number of hydrogen-bond donors (Lipinski definition) is 2. The molecule has 1 unspecified atom stereocenters. The number of ether oxygens (including phenoxy) is 1. The molecule has 7 nitrogen and oxygen atoms in total. The van der Waals surface area contributed by atoms with Crippen LogP contribution in [0.4, 0.5) is 5.13 Å². The normalized spacial score (nSPS) is 17.1. The van der Waals surface area contributed by atoms with Crippen LogP contribution in [0.25, 0.3) is 16.0 Å². The lowest BCUT2D eigenvalue weighted by Gasteiger charge is -2.24. The van der Waals surface area contributed by atoms with E-state index in [4.69, 9.17) is 4.74 Å². The minimum Gasteiger partial charge on any atom is -0.507 e. The fourth-order valence-electron chi connectivity index (χ4n) is 4.51. The molecule has 1 aliphatic heterocycles. The van der Waals surface area contributed by atoms with Crippen molar-refractivity contribution in [2.45, 2.75) is 26.8 Å². The summed E-state index contributed by atoms with van der Waals surface area (Å²) in [6.07, 6.45) is 0. The number of nitrogens with zero attached hydrogens (tertiary/aromatic N) is 2. The number of phenolic OH excluding ortho intramolecular Hbond substituents is 1. The summed E-state index contributed by atoms with van der Waals surface area (Å²) in [5.41, 5.74) is 4.26. The van der Waals surface area contributed by atoms with Crippen LogP contribution in [0.2, 0.25) is 0 Å². The molecule has 1 fully saturated rings. The van der Waals surface area contributed by atoms with E-state index in [-0.39, 0.29) is 22.8 Å². The molecular weight excluding hydrogens is 556 g/mol. The number of amides is 1. The maximum atomic E-state index is 13.5. The van der Waals surface area contributed by atoms with Crippen molar-refractivity contribution in [1.82, 2.24) is 4.98 Å². The van der Waals surface area contributed by atoms with Crippen LogP contribution >= 0.6 is 27.3 Å². The zero-order chi connectivity index (χ0) is 26.6. The Bertz CT molecular complexity index is 1640. The van der Waals surface area contributed by atoms with Gasteiger partial charge in [-0.15, -0.1) is 0 Å². The third kappa shape index (κ3) is 4.18. The lowest BCUT2D eigenvalue weighted by atomic mass is 9.93. The Morgan fingerprint density at radius 2 is 1.76 bits per heavy atom. The summed E-state index contributed by atoms with van der Waals surface area (Å²) >= 11 is 4.63. The van der Waals surface area contributed by atoms with Crippen molar-refractivity contribution >= 4 is 60.1 Å². The van der Waals surface area contributed by atoms with Crippen LogP contribution in [0, 0.1) is 20.8 Å². The number of aromatic nitrogens is 1. The Hall–Kier alpha value is -3.69. The van der Waals surface area contributed by atoms with Crippen molar-refractivity contribution in [3.05, 3.63) is 86.4 Å². The van der Waals surface area contributed by atoms with Crippen LogP contribution in [0.1, 0.15) is 33.9 Å². The van der Waals surface area contributed by atoms with E-state index in [0.29, 0.717) is 26.2 Å². The largest absolute Gasteiger partial charge is 0.507 e. The highest BCUT2D eigenvalue weighted by Gasteiger charge is 2.48. The van der Waals surface area contributed by atoms with Gasteiger partial charge in [-0.2, -0.15) is 0 Å². The number of aliphatic hydroxyl groups is 1. The first-order chi connectivity index (χ1) is 17.6. The number of anilines is 1. The number of thiazole rings is 1. The molecule has 1 aliphatic rings. The number of phenols is 1. The van der Waals surface area contributed by atoms with E-state index in [9.17, 15) is 19.8 Å². The number of benzene rings is 3. The predicted octanol–water partition coefficient (Wildman–Crippen LogP) is 6.32. The van der Waals surface area contributed by atoms with Crippen LogP contribution in [-0.2, 0) is 9.59 Å². The summed E-state index contributed by atoms with van der Waals surface area (Å²) in [5, 5.41) is 22.2. The number of carbonyl (C=O) groups is 2. The Balaban J connectivity index is 1.80. The second-order valence-electron chi connectivity index (χ2n) is 9.01. The smallest absolute Gasteiger partial charge is 0.301 e. The lowest BCUT2D eigenvalue weighted by molar-refractivity contribution is -0.132. The lowest BCUT2D eigenvalue weighted by Crippen LogP contribution is -2.29. The minimum absolute atomic E-state index is 0.0613. The van der Waals surface area contributed by atoms with E-state index in [0.717, 1.165) is 21.4 Å². The molecule has 2 N–H and O–H groups in total. The maximum Gasteiger partial charge on any atom is 0.301 e. The number of rotatable bonds is 4. The van der Waals surface area contributed by atoms with E-state index in [1.54, 1.807) is 18.2 Å². The van der Waals surface area contributed by atoms with Gasteiger partial charge in [-0.3, -0.25) is 14.5 Å². The van der Waals surface area contributed by atoms with Gasteiger partial charge in [0.25, 0.3) is 5.78 Å². The van der Waals surface area contributed by atoms with E-state index in [1.807, 2.05) is 51.1 Å². The van der Waals surface area contributed by atoms with E-state index in [1.165, 1.54) is 23.3 Å². The number of methoxy groups -OCH3 is 1. The first-order valence-corrected chi connectivity index (χ1v) is 13.0. The van der Waals surface area contributed by atoms with Gasteiger partial charge in [0.2, 0.25) is 0 Å². The highest BCUT2D eigenvalue weighted by molar-refractivity contribution is 9.10. The Morgan fingerprint density at radius 3 is 2.49 bits per heavy atom. The molecule has 0 radical (unpaired) electrons. The molecule has 2 heterocycles. The number of fused-ring (bicyclic) bond motifs is 1. The number of carbonyl (C=O) groups excluding carboxylic acids is 2. The number of halogens is 1. The molecule has 1 atom stereocenters. The average Bonchev–Trinajstić information content (AvgIpc) is 3.39. The average molecular weight is 579 g/mol. The Morgan fingerprint density at radius 1 is 1.05 bits per heavy atom. The van der Waals surface area contributed by atoms with Gasteiger partial charge >= 0.3 is 5.91 Å². The van der Waals surface area contributed by atoms with Crippen LogP contribution in [0.5, 0.6) is 11.5 Å². The fraction of sp³-hybridized carbons (Fsp3) is 0.179. The summed E-state index contributed by atoms with van der Waals surface area (Å²) in [4.78, 5) is 33.0. The second-order valence-corrected chi connectivity index (χ2v) is 10.9. The van der Waals surface area contributed by atoms with Gasteiger partial charge in [0, 0.05) is 5.56 Å². The highest BCUT2D eigenvalue weighted by Crippen LogP contribution is 2.47. The zero-order valence-electron chi connectivity index (χ0n) is 20.5. The number of aliphatic hydroxyl groups excluding tert-OH is 1. The number of hydrogen-bond acceptors (Lipinski definition) is 7. The molecule has 0 bridgehead atoms. The van der Waals surface area contributed by atoms with Gasteiger partial charge < -0.3 is 14.9 Å². The topological polar surface area (TPSA) is 100.0 Å². The van der Waals surface area contributed by atoms with Crippen molar-refractivity contribution in [1.29, 1.82) is 0 Å². The molecule has 0 spiro atoms. The molecule has 0 aliphatic carbocycles. The van der Waals surface area contributed by atoms with Crippen molar-refractivity contribution in [3.8, 4) is 11.5 Å². The summed E-state index contributed by atoms with van der Waals surface area (Å²) in [5.74, 6) is -1.85. The fourth-order valence-corrected chi connectivity index (χ4v) is 6.06. The standard InChI is InChI=1S/C28H23BrN2O5S/c1-13-5-7-15(3)17(9-13)24(32)22-23(16-11-18(29)25(33)20(12-16)36-4)31(27(35)26(22)34)28-30-19-8-6-14(2)10-21(19)37-28/h5-12,23,32-33H,1-4H3. The van der Waals surface area contributed by atoms with Gasteiger partial charge in [-0.05, 0) is 83.7 Å². The zero-order valence-corrected chi connectivity index (χ0v) is 22.9. The van der Waals surface area contributed by atoms with E-state index in [2.05, 4.69) is 20.9 Å². The summed E-state index contributed by atoms with van der Waals surface area (Å²) in [6.45, 7) is 5.68.